The molecule has 2 atom stereocenters. The topological polar surface area (TPSA) is 58.9 Å². The molecule has 1 unspecified atom stereocenters. The zero-order valence-corrected chi connectivity index (χ0v) is 35.9. The Morgan fingerprint density at radius 1 is 0.365 bits per heavy atom. The molecule has 0 saturated carbocycles. The van der Waals surface area contributed by atoms with Gasteiger partial charge in [-0.15, -0.1) is 0 Å². The van der Waals surface area contributed by atoms with Crippen LogP contribution >= 0.6 is 0 Å². The molecular weight excluding hydrogens is 773 g/mol. The SMILES string of the molecule is Cc1cc(-c2ccccc2OC(C)C[C@@H](C)Oc2ccccc2-c2cc(C)cc(-c3c4ccccc4cc4ccccc34)c2O)c(O)c(-c2c3ccccc3cc3ccccc23)c1. The lowest BCUT2D eigenvalue weighted by Crippen LogP contribution is -2.23. The Hall–Kier alpha value is -7.56. The third-order valence-corrected chi connectivity index (χ3v) is 12.3. The second-order valence-electron chi connectivity index (χ2n) is 16.9. The molecule has 0 aliphatic heterocycles. The van der Waals surface area contributed by atoms with Gasteiger partial charge in [-0.1, -0.05) is 133 Å². The van der Waals surface area contributed by atoms with Crippen molar-refractivity contribution < 1.29 is 19.7 Å². The zero-order chi connectivity index (χ0) is 43.2. The summed E-state index contributed by atoms with van der Waals surface area (Å²) in [4.78, 5) is 0. The Bertz CT molecular complexity index is 3030. The second kappa shape index (κ2) is 16.4. The van der Waals surface area contributed by atoms with E-state index in [-0.39, 0.29) is 23.7 Å². The Balaban J connectivity index is 0.945. The van der Waals surface area contributed by atoms with E-state index in [4.69, 9.17) is 9.47 Å². The van der Waals surface area contributed by atoms with Crippen LogP contribution in [0.5, 0.6) is 23.0 Å². The van der Waals surface area contributed by atoms with Gasteiger partial charge in [-0.05, 0) is 130 Å². The van der Waals surface area contributed by atoms with Crippen LogP contribution in [0.1, 0.15) is 31.4 Å². The van der Waals surface area contributed by atoms with Crippen molar-refractivity contribution in [2.24, 2.45) is 0 Å². The fourth-order valence-corrected chi connectivity index (χ4v) is 9.54. The summed E-state index contributed by atoms with van der Waals surface area (Å²) in [5.74, 6) is 1.81. The van der Waals surface area contributed by atoms with E-state index in [1.165, 1.54) is 0 Å². The maximum atomic E-state index is 12.2. The van der Waals surface area contributed by atoms with Gasteiger partial charge in [0.2, 0.25) is 0 Å². The molecule has 0 bridgehead atoms. The largest absolute Gasteiger partial charge is 0.507 e. The highest BCUT2D eigenvalue weighted by Crippen LogP contribution is 2.48. The summed E-state index contributed by atoms with van der Waals surface area (Å²) in [5.41, 5.74) is 8.76. The maximum Gasteiger partial charge on any atom is 0.131 e. The van der Waals surface area contributed by atoms with E-state index >= 15 is 0 Å². The Morgan fingerprint density at radius 2 is 0.667 bits per heavy atom. The van der Waals surface area contributed by atoms with Crippen LogP contribution in [0.2, 0.25) is 0 Å². The number of aryl methyl sites for hydroxylation is 2. The highest BCUT2D eigenvalue weighted by atomic mass is 16.5. The number of benzene rings is 10. The van der Waals surface area contributed by atoms with Crippen LogP contribution < -0.4 is 9.47 Å². The molecule has 0 saturated heterocycles. The molecule has 0 aromatic heterocycles. The summed E-state index contributed by atoms with van der Waals surface area (Å²) in [6, 6.07) is 62.0. The predicted octanol–water partition coefficient (Wildman–Crippen LogP) is 15.6. The number of ether oxygens (including phenoxy) is 2. The van der Waals surface area contributed by atoms with Gasteiger partial charge in [0.15, 0.2) is 0 Å². The first-order valence-electron chi connectivity index (χ1n) is 21.7. The summed E-state index contributed by atoms with van der Waals surface area (Å²) in [6.45, 7) is 8.26. The molecule has 0 aliphatic carbocycles. The minimum absolute atomic E-state index is 0.218. The van der Waals surface area contributed by atoms with Crippen molar-refractivity contribution in [1.82, 2.24) is 0 Å². The summed E-state index contributed by atoms with van der Waals surface area (Å²) < 4.78 is 13.5. The van der Waals surface area contributed by atoms with Crippen molar-refractivity contribution in [3.63, 3.8) is 0 Å². The van der Waals surface area contributed by atoms with E-state index < -0.39 is 0 Å². The van der Waals surface area contributed by atoms with Crippen LogP contribution in [0.3, 0.4) is 0 Å². The molecule has 63 heavy (non-hydrogen) atoms. The minimum Gasteiger partial charge on any atom is -0.507 e. The average molecular weight is 821 g/mol. The summed E-state index contributed by atoms with van der Waals surface area (Å²) in [7, 11) is 0. The highest BCUT2D eigenvalue weighted by molar-refractivity contribution is 6.15. The van der Waals surface area contributed by atoms with Crippen molar-refractivity contribution in [3.05, 3.63) is 193 Å². The molecule has 0 radical (unpaired) electrons. The van der Waals surface area contributed by atoms with Gasteiger partial charge < -0.3 is 19.7 Å². The molecule has 0 heterocycles. The third kappa shape index (κ3) is 7.38. The van der Waals surface area contributed by atoms with Gasteiger partial charge in [0, 0.05) is 50.9 Å². The predicted molar refractivity (Wildman–Crippen MR) is 262 cm³/mol. The van der Waals surface area contributed by atoms with Gasteiger partial charge in [-0.3, -0.25) is 0 Å². The molecule has 4 heteroatoms. The molecule has 10 aromatic carbocycles. The van der Waals surface area contributed by atoms with E-state index in [0.717, 1.165) is 98.7 Å². The van der Waals surface area contributed by atoms with Gasteiger partial charge in [0.05, 0.1) is 12.2 Å². The van der Waals surface area contributed by atoms with Gasteiger partial charge in [0.1, 0.15) is 23.0 Å². The van der Waals surface area contributed by atoms with Crippen LogP contribution in [0.25, 0.3) is 87.6 Å². The summed E-state index contributed by atoms with van der Waals surface area (Å²) in [6.07, 6.45) is 0.115. The van der Waals surface area contributed by atoms with E-state index in [1.807, 2.05) is 60.7 Å². The van der Waals surface area contributed by atoms with E-state index in [2.05, 4.69) is 149 Å². The van der Waals surface area contributed by atoms with E-state index in [1.54, 1.807) is 0 Å². The first-order valence-corrected chi connectivity index (χ1v) is 21.7. The molecule has 10 aromatic rings. The smallest absolute Gasteiger partial charge is 0.131 e. The number of phenolic OH excluding ortho intramolecular Hbond substituents is 2. The van der Waals surface area contributed by atoms with E-state index in [0.29, 0.717) is 17.9 Å². The van der Waals surface area contributed by atoms with Crippen LogP contribution in [-0.2, 0) is 0 Å². The lowest BCUT2D eigenvalue weighted by Gasteiger charge is -2.24. The molecule has 0 aliphatic rings. The third-order valence-electron chi connectivity index (χ3n) is 12.3. The number of aromatic hydroxyl groups is 2. The number of para-hydroxylation sites is 2. The average Bonchev–Trinajstić information content (AvgIpc) is 3.29. The standard InChI is InChI=1S/C59H48O4/c1-36-29-50(58(60)52(31-36)56-44-21-9-5-17-40(44)34-41-18-6-10-22-45(41)56)48-25-13-15-27-54(48)62-38(3)33-39(4)63-55-28-16-14-26-49(55)51-30-37(2)32-53(59(51)61)57-46-23-11-7-19-42(46)35-43-20-8-12-24-47(43)57/h5-32,34-35,38-39,60-61H,33H2,1-4H3/t38-,39?/m1/s1. The number of hydrogen-bond acceptors (Lipinski definition) is 4. The first-order chi connectivity index (χ1) is 30.7. The highest BCUT2D eigenvalue weighted by Gasteiger charge is 2.23. The van der Waals surface area contributed by atoms with Crippen molar-refractivity contribution in [2.75, 3.05) is 0 Å². The van der Waals surface area contributed by atoms with Crippen LogP contribution in [-0.4, -0.2) is 22.4 Å². The van der Waals surface area contributed by atoms with Crippen molar-refractivity contribution in [2.45, 2.75) is 46.3 Å². The number of phenols is 2. The molecular formula is C59H48O4. The molecule has 0 spiro atoms. The van der Waals surface area contributed by atoms with Crippen LogP contribution in [0, 0.1) is 13.8 Å². The van der Waals surface area contributed by atoms with Gasteiger partial charge in [0.25, 0.3) is 0 Å². The quantitative estimate of drug-likeness (QED) is 0.135. The molecule has 4 nitrogen and oxygen atoms in total. The Morgan fingerprint density at radius 3 is 1.03 bits per heavy atom. The lowest BCUT2D eigenvalue weighted by molar-refractivity contribution is 0.131. The fourth-order valence-electron chi connectivity index (χ4n) is 9.54. The van der Waals surface area contributed by atoms with Crippen LogP contribution in [0.4, 0.5) is 0 Å². The Kier molecular flexibility index (Phi) is 10.3. The van der Waals surface area contributed by atoms with Crippen molar-refractivity contribution in [3.8, 4) is 67.5 Å². The summed E-state index contributed by atoms with van der Waals surface area (Å²) >= 11 is 0. The van der Waals surface area contributed by atoms with Gasteiger partial charge >= 0.3 is 0 Å². The maximum absolute atomic E-state index is 12.2. The number of fused-ring (bicyclic) bond motifs is 4. The molecule has 10 rings (SSSR count). The first kappa shape index (κ1) is 39.6. The van der Waals surface area contributed by atoms with Crippen molar-refractivity contribution in [1.29, 1.82) is 0 Å². The number of hydrogen-bond donors (Lipinski definition) is 2. The van der Waals surface area contributed by atoms with Crippen LogP contribution in [0.15, 0.2) is 182 Å². The molecule has 2 N–H and O–H groups in total. The molecule has 308 valence electrons. The lowest BCUT2D eigenvalue weighted by atomic mass is 9.88. The molecule has 0 fully saturated rings. The number of rotatable bonds is 10. The monoisotopic (exact) mass is 820 g/mol. The Labute approximate surface area is 368 Å². The minimum atomic E-state index is -0.236. The van der Waals surface area contributed by atoms with Gasteiger partial charge in [-0.25, -0.2) is 0 Å². The van der Waals surface area contributed by atoms with E-state index in [9.17, 15) is 10.2 Å². The zero-order valence-electron chi connectivity index (χ0n) is 35.9. The second-order valence-corrected chi connectivity index (χ2v) is 16.9. The summed E-state index contributed by atoms with van der Waals surface area (Å²) in [5, 5.41) is 33.4. The van der Waals surface area contributed by atoms with Gasteiger partial charge in [-0.2, -0.15) is 0 Å². The normalized spacial score (nSPS) is 12.5. The molecule has 0 amide bonds. The fraction of sp³-hybridized carbons (Fsp3) is 0.119. The van der Waals surface area contributed by atoms with Crippen molar-refractivity contribution >= 4 is 43.1 Å².